The third kappa shape index (κ3) is 8.37. The summed E-state index contributed by atoms with van der Waals surface area (Å²) in [6, 6.07) is 15.2. The van der Waals surface area contributed by atoms with Crippen LogP contribution in [0.4, 0.5) is 0 Å². The largest absolute Gasteiger partial charge is 0.494 e. The fourth-order valence-corrected chi connectivity index (χ4v) is 3.52. The van der Waals surface area contributed by atoms with Crippen LogP contribution < -0.4 is 10.1 Å². The van der Waals surface area contributed by atoms with Gasteiger partial charge < -0.3 is 15.0 Å². The van der Waals surface area contributed by atoms with E-state index in [0.717, 1.165) is 22.2 Å². The maximum Gasteiger partial charge on any atom is 0.242 e. The molecule has 0 aromatic heterocycles. The van der Waals surface area contributed by atoms with E-state index in [0.29, 0.717) is 26.0 Å². The molecule has 5 nitrogen and oxygen atoms in total. The van der Waals surface area contributed by atoms with Gasteiger partial charge in [0.25, 0.3) is 0 Å². The van der Waals surface area contributed by atoms with Gasteiger partial charge in [-0.15, -0.1) is 0 Å². The fourth-order valence-electron chi connectivity index (χ4n) is 3.07. The highest BCUT2D eigenvalue weighted by molar-refractivity contribution is 9.10. The van der Waals surface area contributed by atoms with E-state index >= 15 is 0 Å². The average Bonchev–Trinajstić information content (AvgIpc) is 2.75. The van der Waals surface area contributed by atoms with Crippen molar-refractivity contribution in [2.24, 2.45) is 0 Å². The van der Waals surface area contributed by atoms with Crippen LogP contribution in [0.3, 0.4) is 0 Å². The number of halogens is 1. The van der Waals surface area contributed by atoms with Crippen molar-refractivity contribution in [1.82, 2.24) is 10.2 Å². The van der Waals surface area contributed by atoms with E-state index in [4.69, 9.17) is 4.74 Å². The van der Waals surface area contributed by atoms with Crippen molar-refractivity contribution < 1.29 is 14.3 Å². The van der Waals surface area contributed by atoms with E-state index in [2.05, 4.69) is 21.2 Å². The van der Waals surface area contributed by atoms with Crippen molar-refractivity contribution in [3.05, 3.63) is 64.1 Å². The third-order valence-electron chi connectivity index (χ3n) is 5.23. The summed E-state index contributed by atoms with van der Waals surface area (Å²) in [6.07, 6.45) is 1.75. The predicted molar refractivity (Wildman–Crippen MR) is 128 cm³/mol. The van der Waals surface area contributed by atoms with Crippen LogP contribution in [-0.2, 0) is 16.1 Å². The number of ether oxygens (including phenoxy) is 1. The van der Waals surface area contributed by atoms with E-state index in [9.17, 15) is 9.59 Å². The Kier molecular flexibility index (Phi) is 10.0. The molecule has 2 aromatic carbocycles. The lowest BCUT2D eigenvalue weighted by Crippen LogP contribution is -2.49. The smallest absolute Gasteiger partial charge is 0.242 e. The Morgan fingerprint density at radius 1 is 1.13 bits per heavy atom. The number of carbonyl (C=O) groups excluding carboxylic acids is 2. The summed E-state index contributed by atoms with van der Waals surface area (Å²) >= 11 is 3.48. The molecule has 2 rings (SSSR count). The van der Waals surface area contributed by atoms with Gasteiger partial charge in [0.2, 0.25) is 11.8 Å². The number of rotatable bonds is 11. The van der Waals surface area contributed by atoms with Gasteiger partial charge in [-0.25, -0.2) is 0 Å². The maximum absolute atomic E-state index is 13.1. The van der Waals surface area contributed by atoms with Gasteiger partial charge in [0.1, 0.15) is 11.8 Å². The first-order valence-corrected chi connectivity index (χ1v) is 11.6. The van der Waals surface area contributed by atoms with Gasteiger partial charge in [-0.3, -0.25) is 9.59 Å². The SMILES string of the molecule is CC[C@H](C)NC(=O)[C@H](C)N(Cc1cccc(Br)c1)C(=O)CCCOc1ccc(C)cc1. The van der Waals surface area contributed by atoms with Crippen LogP contribution in [0, 0.1) is 6.92 Å². The minimum absolute atomic E-state index is 0.0562. The minimum Gasteiger partial charge on any atom is -0.494 e. The van der Waals surface area contributed by atoms with Crippen LogP contribution in [-0.4, -0.2) is 35.4 Å². The summed E-state index contributed by atoms with van der Waals surface area (Å²) in [5.41, 5.74) is 2.15. The fraction of sp³-hybridized carbons (Fsp3) is 0.440. The molecule has 0 aliphatic carbocycles. The van der Waals surface area contributed by atoms with Gasteiger partial charge in [0.05, 0.1) is 6.61 Å². The van der Waals surface area contributed by atoms with E-state index in [1.54, 1.807) is 11.8 Å². The second-order valence-electron chi connectivity index (χ2n) is 7.91. The Labute approximate surface area is 194 Å². The molecule has 0 heterocycles. The number of nitrogens with zero attached hydrogens (tertiary/aromatic N) is 1. The Balaban J connectivity index is 2.00. The highest BCUT2D eigenvalue weighted by Gasteiger charge is 2.26. The second kappa shape index (κ2) is 12.5. The maximum atomic E-state index is 13.1. The lowest BCUT2D eigenvalue weighted by atomic mass is 10.1. The second-order valence-corrected chi connectivity index (χ2v) is 8.83. The zero-order chi connectivity index (χ0) is 22.8. The van der Waals surface area contributed by atoms with Gasteiger partial charge in [-0.1, -0.05) is 52.7 Å². The Morgan fingerprint density at radius 2 is 1.84 bits per heavy atom. The molecule has 31 heavy (non-hydrogen) atoms. The van der Waals surface area contributed by atoms with Crippen molar-refractivity contribution in [1.29, 1.82) is 0 Å². The molecule has 0 spiro atoms. The Morgan fingerprint density at radius 3 is 2.48 bits per heavy atom. The van der Waals surface area contributed by atoms with Crippen LogP contribution in [0.25, 0.3) is 0 Å². The molecule has 0 aliphatic rings. The molecule has 0 saturated carbocycles. The Bertz CT molecular complexity index is 854. The van der Waals surface area contributed by atoms with Crippen molar-refractivity contribution in [3.8, 4) is 5.75 Å². The molecule has 0 bridgehead atoms. The van der Waals surface area contributed by atoms with E-state index < -0.39 is 6.04 Å². The van der Waals surface area contributed by atoms with Crippen molar-refractivity contribution in [2.45, 2.75) is 65.6 Å². The molecule has 0 saturated heterocycles. The van der Waals surface area contributed by atoms with Gasteiger partial charge in [0.15, 0.2) is 0 Å². The van der Waals surface area contributed by atoms with Crippen molar-refractivity contribution >= 4 is 27.7 Å². The number of aryl methyl sites for hydroxylation is 1. The number of hydrogen-bond acceptors (Lipinski definition) is 3. The number of amides is 2. The summed E-state index contributed by atoms with van der Waals surface area (Å²) in [4.78, 5) is 27.4. The van der Waals surface area contributed by atoms with Crippen LogP contribution in [0.15, 0.2) is 53.0 Å². The molecule has 0 unspecified atom stereocenters. The van der Waals surface area contributed by atoms with Crippen LogP contribution in [0.5, 0.6) is 5.75 Å². The monoisotopic (exact) mass is 488 g/mol. The molecule has 2 amide bonds. The molecule has 0 aliphatic heterocycles. The lowest BCUT2D eigenvalue weighted by Gasteiger charge is -2.30. The first-order chi connectivity index (χ1) is 14.8. The molecule has 0 fully saturated rings. The average molecular weight is 489 g/mol. The first kappa shape index (κ1) is 24.9. The normalized spacial score (nSPS) is 12.7. The predicted octanol–water partition coefficient (Wildman–Crippen LogP) is 5.25. The Hall–Kier alpha value is -2.34. The molecule has 6 heteroatoms. The van der Waals surface area contributed by atoms with Crippen LogP contribution >= 0.6 is 15.9 Å². The topological polar surface area (TPSA) is 58.6 Å². The molecule has 2 aromatic rings. The highest BCUT2D eigenvalue weighted by atomic mass is 79.9. The quantitative estimate of drug-likeness (QED) is 0.439. The molecule has 2 atom stereocenters. The summed E-state index contributed by atoms with van der Waals surface area (Å²) in [6.45, 7) is 8.64. The summed E-state index contributed by atoms with van der Waals surface area (Å²) in [5, 5.41) is 2.99. The van der Waals surface area contributed by atoms with Gasteiger partial charge in [0, 0.05) is 23.5 Å². The minimum atomic E-state index is -0.557. The summed E-state index contributed by atoms with van der Waals surface area (Å²) < 4.78 is 6.69. The lowest BCUT2D eigenvalue weighted by molar-refractivity contribution is -0.141. The summed E-state index contributed by atoms with van der Waals surface area (Å²) in [5.74, 6) is 0.609. The number of nitrogens with one attached hydrogen (secondary N) is 1. The standard InChI is InChI=1S/C25H33BrN2O3/c1-5-19(3)27-25(30)20(4)28(17-21-8-6-9-22(26)16-21)24(29)10-7-15-31-23-13-11-18(2)12-14-23/h6,8-9,11-14,16,19-20H,5,7,10,15,17H2,1-4H3,(H,27,30)/t19-,20-/m0/s1. The van der Waals surface area contributed by atoms with Crippen molar-refractivity contribution in [2.75, 3.05) is 6.61 Å². The zero-order valence-electron chi connectivity index (χ0n) is 18.9. The van der Waals surface area contributed by atoms with Gasteiger partial charge >= 0.3 is 0 Å². The van der Waals surface area contributed by atoms with Crippen molar-refractivity contribution in [3.63, 3.8) is 0 Å². The number of benzene rings is 2. The number of hydrogen-bond donors (Lipinski definition) is 1. The van der Waals surface area contributed by atoms with Gasteiger partial charge in [-0.2, -0.15) is 0 Å². The van der Waals surface area contributed by atoms with Crippen LogP contribution in [0.2, 0.25) is 0 Å². The van der Waals surface area contributed by atoms with E-state index in [1.807, 2.05) is 69.3 Å². The number of carbonyl (C=O) groups is 2. The molecule has 1 N–H and O–H groups in total. The molecule has 0 radical (unpaired) electrons. The van der Waals surface area contributed by atoms with Gasteiger partial charge in [-0.05, 0) is 63.4 Å². The molecular weight excluding hydrogens is 456 g/mol. The van der Waals surface area contributed by atoms with Crippen LogP contribution in [0.1, 0.15) is 51.2 Å². The summed E-state index contributed by atoms with van der Waals surface area (Å²) in [7, 11) is 0. The van der Waals surface area contributed by atoms with E-state index in [-0.39, 0.29) is 17.9 Å². The third-order valence-corrected chi connectivity index (χ3v) is 5.73. The molecular formula is C25H33BrN2O3. The molecule has 168 valence electrons. The van der Waals surface area contributed by atoms with E-state index in [1.165, 1.54) is 5.56 Å². The highest BCUT2D eigenvalue weighted by Crippen LogP contribution is 2.17. The first-order valence-electron chi connectivity index (χ1n) is 10.8. The zero-order valence-corrected chi connectivity index (χ0v) is 20.4.